The molecule has 0 fully saturated rings. The fourth-order valence-corrected chi connectivity index (χ4v) is 3.28. The molecule has 3 heteroatoms. The van der Waals surface area contributed by atoms with Gasteiger partial charge in [-0.25, -0.2) is 4.58 Å². The highest BCUT2D eigenvalue weighted by Gasteiger charge is 2.13. The van der Waals surface area contributed by atoms with Crippen molar-refractivity contribution in [1.82, 2.24) is 0 Å². The van der Waals surface area contributed by atoms with E-state index in [9.17, 15) is 0 Å². The van der Waals surface area contributed by atoms with Crippen LogP contribution in [0.1, 0.15) is 11.1 Å². The van der Waals surface area contributed by atoms with E-state index in [-0.39, 0.29) is 0 Å². The number of allylic oxidation sites excluding steroid dienone is 5. The Balaban J connectivity index is 2.12. The predicted octanol–water partition coefficient (Wildman–Crippen LogP) is 4.46. The Labute approximate surface area is 169 Å². The van der Waals surface area contributed by atoms with E-state index in [1.807, 2.05) is 0 Å². The van der Waals surface area contributed by atoms with Crippen molar-refractivity contribution in [2.75, 3.05) is 52.1 Å². The summed E-state index contributed by atoms with van der Waals surface area (Å²) >= 11 is 0. The maximum Gasteiger partial charge on any atom is 0.199 e. The first-order chi connectivity index (χ1) is 13.4. The zero-order chi connectivity index (χ0) is 20.3. The second-order valence-corrected chi connectivity index (χ2v) is 7.70. The highest BCUT2D eigenvalue weighted by Crippen LogP contribution is 2.31. The average molecular weight is 376 g/mol. The molecule has 144 valence electrons. The Bertz CT molecular complexity index is 878. The molecular weight excluding hydrogens is 345 g/mol. The number of hydrogen-bond acceptors (Lipinski definition) is 2. The lowest BCUT2D eigenvalue weighted by molar-refractivity contribution is -0.462. The first-order valence-corrected chi connectivity index (χ1v) is 9.57. The molecule has 0 radical (unpaired) electrons. The van der Waals surface area contributed by atoms with Crippen LogP contribution in [0.15, 0.2) is 78.4 Å². The minimum absolute atomic E-state index is 1.20. The first-order valence-electron chi connectivity index (χ1n) is 9.57. The molecule has 0 atom stereocenters. The third-order valence-electron chi connectivity index (χ3n) is 5.02. The summed E-state index contributed by atoms with van der Waals surface area (Å²) in [5.41, 5.74) is 8.53. The summed E-state index contributed by atoms with van der Waals surface area (Å²) in [4.78, 5) is 4.25. The molecule has 2 aromatic rings. The molecule has 0 spiro atoms. The van der Waals surface area contributed by atoms with Gasteiger partial charge < -0.3 is 9.80 Å². The lowest BCUT2D eigenvalue weighted by Crippen LogP contribution is -2.10. The smallest absolute Gasteiger partial charge is 0.199 e. The van der Waals surface area contributed by atoms with E-state index in [1.54, 1.807) is 0 Å². The van der Waals surface area contributed by atoms with Crippen LogP contribution in [-0.4, -0.2) is 52.6 Å². The van der Waals surface area contributed by atoms with Crippen LogP contribution in [0.25, 0.3) is 5.57 Å². The maximum atomic E-state index is 2.21. The van der Waals surface area contributed by atoms with Gasteiger partial charge in [0.25, 0.3) is 0 Å². The van der Waals surface area contributed by atoms with Crippen molar-refractivity contribution in [2.24, 2.45) is 0 Å². The van der Waals surface area contributed by atoms with Gasteiger partial charge in [-0.2, -0.15) is 0 Å². The van der Waals surface area contributed by atoms with Crippen LogP contribution in [-0.2, 0) is 0 Å². The third kappa shape index (κ3) is 4.25. The second-order valence-electron chi connectivity index (χ2n) is 7.70. The minimum Gasteiger partial charge on any atom is -0.378 e. The van der Waals surface area contributed by atoms with Gasteiger partial charge in [-0.1, -0.05) is 24.3 Å². The van der Waals surface area contributed by atoms with Crippen molar-refractivity contribution in [3.8, 4) is 0 Å². The van der Waals surface area contributed by atoms with Gasteiger partial charge in [0, 0.05) is 51.7 Å². The average Bonchev–Trinajstić information content (AvgIpc) is 2.69. The topological polar surface area (TPSA) is 9.49 Å². The van der Waals surface area contributed by atoms with Gasteiger partial charge in [-0.05, 0) is 58.7 Å². The van der Waals surface area contributed by atoms with Crippen molar-refractivity contribution in [3.63, 3.8) is 0 Å². The van der Waals surface area contributed by atoms with Crippen molar-refractivity contribution in [1.29, 1.82) is 0 Å². The quantitative estimate of drug-likeness (QED) is 0.577. The fourth-order valence-electron chi connectivity index (χ4n) is 3.28. The number of nitrogens with zero attached hydrogens (tertiary/aromatic N) is 3. The Kier molecular flexibility index (Phi) is 5.84. The van der Waals surface area contributed by atoms with Crippen molar-refractivity contribution >= 4 is 22.7 Å². The largest absolute Gasteiger partial charge is 0.378 e. The van der Waals surface area contributed by atoms with Crippen LogP contribution in [0, 0.1) is 0 Å². The van der Waals surface area contributed by atoms with Gasteiger partial charge in [0.2, 0.25) is 0 Å². The number of anilines is 2. The van der Waals surface area contributed by atoms with Crippen molar-refractivity contribution in [2.45, 2.75) is 0 Å². The number of hydrogen-bond donors (Lipinski definition) is 0. The monoisotopic (exact) mass is 375 g/mol. The van der Waals surface area contributed by atoms with Gasteiger partial charge >= 0.3 is 0 Å². The Hall–Kier alpha value is -3.07. The van der Waals surface area contributed by atoms with Gasteiger partial charge in [0.1, 0.15) is 14.1 Å². The van der Waals surface area contributed by atoms with Crippen LogP contribution in [0.5, 0.6) is 0 Å². The Morgan fingerprint density at radius 3 is 1.32 bits per heavy atom. The lowest BCUT2D eigenvalue weighted by atomic mass is 9.90. The van der Waals surface area contributed by atoms with E-state index in [0.29, 0.717) is 0 Å². The molecule has 0 saturated heterocycles. The van der Waals surface area contributed by atoms with Gasteiger partial charge in [-0.15, -0.1) is 0 Å². The van der Waals surface area contributed by atoms with Gasteiger partial charge in [0.05, 0.1) is 0 Å². The molecule has 3 rings (SSSR count). The zero-order valence-corrected chi connectivity index (χ0v) is 17.8. The van der Waals surface area contributed by atoms with Crippen molar-refractivity contribution < 1.29 is 4.58 Å². The molecule has 0 heterocycles. The van der Waals surface area contributed by atoms with E-state index in [2.05, 4.69) is 129 Å². The summed E-state index contributed by atoms with van der Waals surface area (Å²) in [5, 5.41) is 0. The van der Waals surface area contributed by atoms with Crippen LogP contribution in [0.3, 0.4) is 0 Å². The molecule has 0 aromatic heterocycles. The molecule has 0 saturated carbocycles. The van der Waals surface area contributed by atoms with E-state index in [1.165, 1.54) is 39.4 Å². The van der Waals surface area contributed by atoms with E-state index >= 15 is 0 Å². The normalized spacial score (nSPS) is 12.9. The highest BCUT2D eigenvalue weighted by molar-refractivity contribution is 6.04. The van der Waals surface area contributed by atoms with E-state index in [0.717, 1.165) is 0 Å². The summed E-state index contributed by atoms with van der Waals surface area (Å²) in [6.07, 6.45) is 8.78. The standard InChI is InChI=1S/C25H30N3/c1-26(2)22-13-7-19(8-14-22)25(20-9-15-23(16-10-20)27(3)4)21-11-17-24(18-12-21)28(5)6/h7-18H,1-6H3/q+1/i26+1,27+1,28+1. The number of rotatable bonds is 4. The van der Waals surface area contributed by atoms with Crippen molar-refractivity contribution in [3.05, 3.63) is 89.5 Å². The van der Waals surface area contributed by atoms with Crippen LogP contribution >= 0.6 is 0 Å². The Morgan fingerprint density at radius 2 is 1.00 bits per heavy atom. The maximum absolute atomic E-state index is 2.21. The van der Waals surface area contributed by atoms with Crippen LogP contribution < -0.4 is 9.80 Å². The minimum atomic E-state index is 1.20. The predicted molar refractivity (Wildman–Crippen MR) is 123 cm³/mol. The molecule has 1 aliphatic carbocycles. The molecule has 28 heavy (non-hydrogen) atoms. The SMILES string of the molecule is C[15N](C)c1ccc(C(=C2C=CC(=[15N+](C)C)C=C2)c2ccc([15N](C)C)cc2)cc1. The zero-order valence-electron chi connectivity index (χ0n) is 17.8. The van der Waals surface area contributed by atoms with Crippen LogP contribution in [0.2, 0.25) is 0 Å². The summed E-state index contributed by atoms with van der Waals surface area (Å²) < 4.78 is 2.13. The molecule has 0 aliphatic heterocycles. The molecule has 0 N–H and O–H groups in total. The molecule has 0 bridgehead atoms. The third-order valence-corrected chi connectivity index (χ3v) is 5.02. The fraction of sp³-hybridized carbons (Fsp3) is 0.240. The van der Waals surface area contributed by atoms with E-state index in [4.69, 9.17) is 0 Å². The number of benzene rings is 2. The highest BCUT2D eigenvalue weighted by atomic mass is 15.8. The summed E-state index contributed by atoms with van der Waals surface area (Å²) in [6, 6.07) is 17.6. The molecule has 1 aliphatic rings. The molecular formula is C25H30N3+. The van der Waals surface area contributed by atoms with Gasteiger partial charge in [-0.3, -0.25) is 0 Å². The molecule has 0 amide bonds. The molecule has 2 aromatic carbocycles. The summed E-state index contributed by atoms with van der Waals surface area (Å²) in [7, 11) is 12.4. The first kappa shape index (κ1) is 19.7. The molecule has 3 nitrogen and oxygen atoms in total. The second kappa shape index (κ2) is 8.30. The Morgan fingerprint density at radius 1 is 0.607 bits per heavy atom. The molecule has 0 unspecified atom stereocenters. The van der Waals surface area contributed by atoms with Crippen LogP contribution in [0.4, 0.5) is 11.4 Å². The van der Waals surface area contributed by atoms with E-state index < -0.39 is 0 Å². The van der Waals surface area contributed by atoms with Gasteiger partial charge in [0.15, 0.2) is 5.71 Å². The summed E-state index contributed by atoms with van der Waals surface area (Å²) in [5.74, 6) is 0. The summed E-state index contributed by atoms with van der Waals surface area (Å²) in [6.45, 7) is 0. The lowest BCUT2D eigenvalue weighted by Gasteiger charge is -2.18.